The molecule has 0 bridgehead atoms. The van der Waals surface area contributed by atoms with Crippen molar-refractivity contribution in [2.45, 2.75) is 25.3 Å². The number of aliphatic carboxylic acids is 1. The molecule has 1 aromatic rings. The maximum Gasteiger partial charge on any atom is 0.326 e. The summed E-state index contributed by atoms with van der Waals surface area (Å²) in [5.41, 5.74) is 0.338. The molecule has 0 spiro atoms. The number of rotatable bonds is 3. The molecule has 6 heteroatoms. The predicted octanol–water partition coefficient (Wildman–Crippen LogP) is 2.43. The SMILES string of the molecule is COc1cc(Cl)ccc1C(=O)N1CCCCC1C(=O)O. The minimum Gasteiger partial charge on any atom is -0.496 e. The van der Waals surface area contributed by atoms with E-state index in [4.69, 9.17) is 16.3 Å². The van der Waals surface area contributed by atoms with Crippen molar-refractivity contribution in [1.82, 2.24) is 4.90 Å². The molecule has 0 radical (unpaired) electrons. The van der Waals surface area contributed by atoms with Crippen LogP contribution in [-0.2, 0) is 4.79 Å². The number of carbonyl (C=O) groups excluding carboxylic acids is 1. The number of hydrogen-bond donors (Lipinski definition) is 1. The number of benzene rings is 1. The van der Waals surface area contributed by atoms with Crippen LogP contribution in [0.2, 0.25) is 5.02 Å². The lowest BCUT2D eigenvalue weighted by molar-refractivity contribution is -0.143. The summed E-state index contributed by atoms with van der Waals surface area (Å²) in [6.45, 7) is 0.446. The quantitative estimate of drug-likeness (QED) is 0.930. The second-order valence-electron chi connectivity index (χ2n) is 4.69. The van der Waals surface area contributed by atoms with E-state index < -0.39 is 12.0 Å². The van der Waals surface area contributed by atoms with Gasteiger partial charge in [-0.25, -0.2) is 4.79 Å². The first-order valence-corrected chi connectivity index (χ1v) is 6.79. The van der Waals surface area contributed by atoms with Gasteiger partial charge in [-0.3, -0.25) is 4.79 Å². The van der Waals surface area contributed by atoms with Crippen LogP contribution in [0.25, 0.3) is 0 Å². The third-order valence-electron chi connectivity index (χ3n) is 3.44. The minimum atomic E-state index is -0.967. The van der Waals surface area contributed by atoms with Gasteiger partial charge in [0.25, 0.3) is 5.91 Å². The van der Waals surface area contributed by atoms with Gasteiger partial charge in [-0.2, -0.15) is 0 Å². The Balaban J connectivity index is 2.32. The van der Waals surface area contributed by atoms with Crippen molar-refractivity contribution < 1.29 is 19.4 Å². The number of carbonyl (C=O) groups is 2. The number of carboxylic acids is 1. The molecule has 108 valence electrons. The van der Waals surface area contributed by atoms with Crippen LogP contribution < -0.4 is 4.74 Å². The van der Waals surface area contributed by atoms with Crippen LogP contribution in [0, 0.1) is 0 Å². The maximum atomic E-state index is 12.5. The summed E-state index contributed by atoms with van der Waals surface area (Å²) >= 11 is 5.87. The fraction of sp³-hybridized carbons (Fsp3) is 0.429. The lowest BCUT2D eigenvalue weighted by Gasteiger charge is -2.33. The second-order valence-corrected chi connectivity index (χ2v) is 5.13. The highest BCUT2D eigenvalue weighted by atomic mass is 35.5. The molecular formula is C14H16ClNO4. The molecule has 1 aliphatic rings. The summed E-state index contributed by atoms with van der Waals surface area (Å²) in [4.78, 5) is 25.2. The molecule has 1 amide bonds. The van der Waals surface area contributed by atoms with Crippen molar-refractivity contribution in [1.29, 1.82) is 0 Å². The van der Waals surface area contributed by atoms with Gasteiger partial charge in [0.1, 0.15) is 11.8 Å². The maximum absolute atomic E-state index is 12.5. The fourth-order valence-electron chi connectivity index (χ4n) is 2.43. The molecule has 0 saturated carbocycles. The Morgan fingerprint density at radius 3 is 2.80 bits per heavy atom. The zero-order valence-corrected chi connectivity index (χ0v) is 11.9. The van der Waals surface area contributed by atoms with Crippen molar-refractivity contribution in [3.8, 4) is 5.75 Å². The smallest absolute Gasteiger partial charge is 0.326 e. The molecule has 1 atom stereocenters. The summed E-state index contributed by atoms with van der Waals surface area (Å²) in [7, 11) is 1.45. The Morgan fingerprint density at radius 1 is 1.40 bits per heavy atom. The Bertz CT molecular complexity index is 532. The molecule has 1 N–H and O–H groups in total. The van der Waals surface area contributed by atoms with Gasteiger partial charge in [-0.1, -0.05) is 11.6 Å². The van der Waals surface area contributed by atoms with Crippen LogP contribution in [0.15, 0.2) is 18.2 Å². The molecule has 20 heavy (non-hydrogen) atoms. The van der Waals surface area contributed by atoms with E-state index in [1.54, 1.807) is 18.2 Å². The highest BCUT2D eigenvalue weighted by Gasteiger charge is 2.33. The number of ether oxygens (including phenoxy) is 1. The Morgan fingerprint density at radius 2 is 2.15 bits per heavy atom. The Hall–Kier alpha value is -1.75. The molecule has 1 aliphatic heterocycles. The number of halogens is 1. The molecule has 1 unspecified atom stereocenters. The van der Waals surface area contributed by atoms with Crippen LogP contribution in [0.5, 0.6) is 5.75 Å². The van der Waals surface area contributed by atoms with E-state index in [2.05, 4.69) is 0 Å². The largest absolute Gasteiger partial charge is 0.496 e. The first-order chi connectivity index (χ1) is 9.54. The molecule has 5 nitrogen and oxygen atoms in total. The van der Waals surface area contributed by atoms with Gasteiger partial charge >= 0.3 is 5.97 Å². The zero-order valence-electron chi connectivity index (χ0n) is 11.1. The predicted molar refractivity (Wildman–Crippen MR) is 74.3 cm³/mol. The third-order valence-corrected chi connectivity index (χ3v) is 3.68. The van der Waals surface area contributed by atoms with E-state index >= 15 is 0 Å². The number of amides is 1. The number of nitrogens with zero attached hydrogens (tertiary/aromatic N) is 1. The molecular weight excluding hydrogens is 282 g/mol. The van der Waals surface area contributed by atoms with Crippen molar-refractivity contribution in [2.24, 2.45) is 0 Å². The number of likely N-dealkylation sites (tertiary alicyclic amines) is 1. The van der Waals surface area contributed by atoms with Crippen molar-refractivity contribution in [2.75, 3.05) is 13.7 Å². The number of carboxylic acid groups (broad SMARTS) is 1. The number of hydrogen-bond acceptors (Lipinski definition) is 3. The van der Waals surface area contributed by atoms with Crippen molar-refractivity contribution >= 4 is 23.5 Å². The van der Waals surface area contributed by atoms with E-state index in [-0.39, 0.29) is 5.91 Å². The second kappa shape index (κ2) is 6.13. The van der Waals surface area contributed by atoms with Gasteiger partial charge in [-0.05, 0) is 37.5 Å². The lowest BCUT2D eigenvalue weighted by atomic mass is 10.0. The molecule has 1 fully saturated rings. The van der Waals surface area contributed by atoms with Crippen molar-refractivity contribution in [3.05, 3.63) is 28.8 Å². The van der Waals surface area contributed by atoms with Crippen LogP contribution in [0.4, 0.5) is 0 Å². The summed E-state index contributed by atoms with van der Waals surface area (Å²) < 4.78 is 5.15. The monoisotopic (exact) mass is 297 g/mol. The van der Waals surface area contributed by atoms with E-state index in [1.165, 1.54) is 12.0 Å². The Labute approximate surface area is 122 Å². The molecule has 2 rings (SSSR count). The molecule has 0 aromatic heterocycles. The van der Waals surface area contributed by atoms with Crippen molar-refractivity contribution in [3.63, 3.8) is 0 Å². The normalized spacial score (nSPS) is 18.7. The zero-order chi connectivity index (χ0) is 14.7. The summed E-state index contributed by atoms with van der Waals surface area (Å²) in [5.74, 6) is -0.936. The highest BCUT2D eigenvalue weighted by Crippen LogP contribution is 2.27. The fourth-order valence-corrected chi connectivity index (χ4v) is 2.59. The van der Waals surface area contributed by atoms with E-state index in [0.29, 0.717) is 29.3 Å². The topological polar surface area (TPSA) is 66.8 Å². The van der Waals surface area contributed by atoms with Gasteiger partial charge < -0.3 is 14.7 Å². The van der Waals surface area contributed by atoms with Crippen LogP contribution in [-0.4, -0.2) is 41.6 Å². The van der Waals surface area contributed by atoms with Crippen LogP contribution >= 0.6 is 11.6 Å². The minimum absolute atomic E-state index is 0.328. The van der Waals surface area contributed by atoms with Gasteiger partial charge in [0.2, 0.25) is 0 Å². The van der Waals surface area contributed by atoms with E-state index in [0.717, 1.165) is 12.8 Å². The molecule has 1 aromatic carbocycles. The van der Waals surface area contributed by atoms with Gasteiger partial charge in [0, 0.05) is 11.6 Å². The van der Waals surface area contributed by atoms with Gasteiger partial charge in [-0.15, -0.1) is 0 Å². The first kappa shape index (κ1) is 14.7. The molecule has 1 heterocycles. The standard InChI is InChI=1S/C14H16ClNO4/c1-20-12-8-9(15)5-6-10(12)13(17)16-7-3-2-4-11(16)14(18)19/h5-6,8,11H,2-4,7H2,1H3,(H,18,19). The van der Waals surface area contributed by atoms with E-state index in [1.807, 2.05) is 0 Å². The highest BCUT2D eigenvalue weighted by molar-refractivity contribution is 6.30. The summed E-state index contributed by atoms with van der Waals surface area (Å²) in [6, 6.07) is 3.94. The molecule has 1 saturated heterocycles. The summed E-state index contributed by atoms with van der Waals surface area (Å²) in [6.07, 6.45) is 2.11. The van der Waals surface area contributed by atoms with Gasteiger partial charge in [0.15, 0.2) is 0 Å². The Kier molecular flexibility index (Phi) is 4.49. The molecule has 0 aliphatic carbocycles. The number of piperidine rings is 1. The summed E-state index contributed by atoms with van der Waals surface area (Å²) in [5, 5.41) is 9.69. The third kappa shape index (κ3) is 2.88. The number of methoxy groups -OCH3 is 1. The average Bonchev–Trinajstić information content (AvgIpc) is 2.46. The lowest BCUT2D eigenvalue weighted by Crippen LogP contribution is -2.48. The van der Waals surface area contributed by atoms with E-state index in [9.17, 15) is 14.7 Å². The first-order valence-electron chi connectivity index (χ1n) is 6.42. The van der Waals surface area contributed by atoms with Crippen LogP contribution in [0.3, 0.4) is 0 Å². The average molecular weight is 298 g/mol. The van der Waals surface area contributed by atoms with Gasteiger partial charge in [0.05, 0.1) is 12.7 Å². The van der Waals surface area contributed by atoms with Crippen LogP contribution in [0.1, 0.15) is 29.6 Å².